The first-order valence-corrected chi connectivity index (χ1v) is 6.26. The summed E-state index contributed by atoms with van der Waals surface area (Å²) in [7, 11) is 1.56. The van der Waals surface area contributed by atoms with Gasteiger partial charge in [-0.2, -0.15) is 9.78 Å². The lowest BCUT2D eigenvalue weighted by Crippen LogP contribution is -2.30. The molecule has 2 rings (SSSR count). The smallest absolute Gasteiger partial charge is 0.292 e. The quantitative estimate of drug-likeness (QED) is 0.682. The monoisotopic (exact) mass is 318 g/mol. The van der Waals surface area contributed by atoms with Crippen molar-refractivity contribution in [2.24, 2.45) is 5.84 Å². The highest BCUT2D eigenvalue weighted by atomic mass is 35.5. The zero-order valence-corrected chi connectivity index (χ0v) is 12.0. The Kier molecular flexibility index (Phi) is 4.01. The fraction of sp³-hybridized carbons (Fsp3) is 0.0909. The summed E-state index contributed by atoms with van der Waals surface area (Å²) in [6.07, 6.45) is 1.39. The van der Waals surface area contributed by atoms with Crippen molar-refractivity contribution in [3.63, 3.8) is 0 Å². The van der Waals surface area contributed by atoms with Gasteiger partial charge < -0.3 is 5.01 Å². The first-order chi connectivity index (χ1) is 8.90. The van der Waals surface area contributed by atoms with Gasteiger partial charge in [0.05, 0.1) is 17.6 Å². The van der Waals surface area contributed by atoms with E-state index in [1.54, 1.807) is 25.2 Å². The molecule has 0 aliphatic carbocycles. The van der Waals surface area contributed by atoms with E-state index in [2.05, 4.69) is 5.10 Å². The lowest BCUT2D eigenvalue weighted by atomic mass is 10.3. The molecule has 0 aliphatic heterocycles. The highest BCUT2D eigenvalue weighted by Gasteiger charge is 2.13. The second kappa shape index (κ2) is 5.38. The van der Waals surface area contributed by atoms with Gasteiger partial charge in [0.2, 0.25) is 0 Å². The van der Waals surface area contributed by atoms with E-state index in [9.17, 15) is 4.79 Å². The lowest BCUT2D eigenvalue weighted by molar-refractivity contribution is 0.800. The van der Waals surface area contributed by atoms with Crippen LogP contribution in [-0.4, -0.2) is 16.8 Å². The number of anilines is 1. The average molecular weight is 320 g/mol. The number of halogens is 3. The van der Waals surface area contributed by atoms with Crippen LogP contribution in [0.25, 0.3) is 5.69 Å². The fourth-order valence-corrected chi connectivity index (χ4v) is 2.29. The van der Waals surface area contributed by atoms with Gasteiger partial charge in [-0.05, 0) is 18.2 Å². The van der Waals surface area contributed by atoms with E-state index in [1.165, 1.54) is 11.2 Å². The molecule has 0 fully saturated rings. The number of hydrogen-bond acceptors (Lipinski definition) is 4. The molecule has 0 saturated heterocycles. The van der Waals surface area contributed by atoms with Gasteiger partial charge in [-0.15, -0.1) is 0 Å². The molecule has 0 atom stereocenters. The van der Waals surface area contributed by atoms with Crippen molar-refractivity contribution in [2.45, 2.75) is 0 Å². The molecule has 5 nitrogen and oxygen atoms in total. The number of hydrogen-bond donors (Lipinski definition) is 1. The lowest BCUT2D eigenvalue weighted by Gasteiger charge is -2.14. The van der Waals surface area contributed by atoms with Crippen LogP contribution >= 0.6 is 34.8 Å². The van der Waals surface area contributed by atoms with Crippen LogP contribution in [0.1, 0.15) is 0 Å². The highest BCUT2D eigenvalue weighted by Crippen LogP contribution is 2.22. The summed E-state index contributed by atoms with van der Waals surface area (Å²) in [4.78, 5) is 12.1. The summed E-state index contributed by atoms with van der Waals surface area (Å²) in [5.41, 5.74) is 0.251. The molecular weight excluding hydrogens is 311 g/mol. The van der Waals surface area contributed by atoms with Gasteiger partial charge in [0.1, 0.15) is 5.02 Å². The largest absolute Gasteiger partial charge is 0.311 e. The fourth-order valence-electron chi connectivity index (χ4n) is 1.52. The third-order valence-corrected chi connectivity index (χ3v) is 3.16. The Morgan fingerprint density at radius 2 is 1.79 bits per heavy atom. The molecule has 0 spiro atoms. The van der Waals surface area contributed by atoms with Crippen LogP contribution in [0.15, 0.2) is 29.2 Å². The average Bonchev–Trinajstić information content (AvgIpc) is 2.30. The molecule has 2 N–H and O–H groups in total. The molecule has 0 saturated carbocycles. The summed E-state index contributed by atoms with van der Waals surface area (Å²) in [5, 5.41) is 5.97. The first-order valence-electron chi connectivity index (χ1n) is 5.13. The zero-order valence-electron chi connectivity index (χ0n) is 9.77. The Hall–Kier alpha value is -1.27. The Morgan fingerprint density at radius 3 is 2.32 bits per heavy atom. The minimum atomic E-state index is -0.505. The normalized spacial score (nSPS) is 10.6. The number of benzene rings is 1. The van der Waals surface area contributed by atoms with E-state index in [1.807, 2.05) is 0 Å². The SMILES string of the molecule is CN(N)c1cnn(-c2cc(Cl)cc(Cl)c2)c(=O)c1Cl. The maximum absolute atomic E-state index is 12.1. The number of aromatic nitrogens is 2. The minimum absolute atomic E-state index is 0.0314. The van der Waals surface area contributed by atoms with Crippen molar-refractivity contribution in [3.8, 4) is 5.69 Å². The van der Waals surface area contributed by atoms with Crippen molar-refractivity contribution >= 4 is 40.5 Å². The summed E-state index contributed by atoms with van der Waals surface area (Å²) in [5.74, 6) is 5.54. The van der Waals surface area contributed by atoms with Gasteiger partial charge in [-0.1, -0.05) is 34.8 Å². The van der Waals surface area contributed by atoms with Gasteiger partial charge >= 0.3 is 0 Å². The Bertz CT molecular complexity index is 664. The van der Waals surface area contributed by atoms with Crippen molar-refractivity contribution in [1.29, 1.82) is 0 Å². The molecule has 1 heterocycles. The third kappa shape index (κ3) is 2.84. The molecular formula is C11H9Cl3N4O. The summed E-state index contributed by atoms with van der Waals surface area (Å²) in [6, 6.07) is 4.68. The Labute approximate surface area is 124 Å². The van der Waals surface area contributed by atoms with Crippen molar-refractivity contribution < 1.29 is 0 Å². The molecule has 100 valence electrons. The molecule has 0 amide bonds. The maximum Gasteiger partial charge on any atom is 0.292 e. The molecule has 8 heteroatoms. The van der Waals surface area contributed by atoms with Crippen molar-refractivity contribution in [3.05, 3.63) is 49.8 Å². The number of nitrogens with two attached hydrogens (primary N) is 1. The number of nitrogens with zero attached hydrogens (tertiary/aromatic N) is 3. The Balaban J connectivity index is 2.64. The maximum atomic E-state index is 12.1. The predicted octanol–water partition coefficient (Wildman–Crippen LogP) is 2.50. The molecule has 19 heavy (non-hydrogen) atoms. The number of hydrazine groups is 1. The van der Waals surface area contributed by atoms with Crippen LogP contribution in [0, 0.1) is 0 Å². The molecule has 0 aliphatic rings. The molecule has 0 unspecified atom stereocenters. The van der Waals surface area contributed by atoms with Crippen LogP contribution in [0.3, 0.4) is 0 Å². The van der Waals surface area contributed by atoms with Crippen molar-refractivity contribution in [1.82, 2.24) is 9.78 Å². The van der Waals surface area contributed by atoms with Gasteiger partial charge in [-0.3, -0.25) is 4.79 Å². The van der Waals surface area contributed by atoms with Crippen molar-refractivity contribution in [2.75, 3.05) is 12.1 Å². The molecule has 1 aromatic heterocycles. The van der Waals surface area contributed by atoms with Crippen LogP contribution in [0.4, 0.5) is 5.69 Å². The standard InChI is InChI=1S/C11H9Cl3N4O/c1-17(15)9-5-16-18(11(19)10(9)14)8-3-6(12)2-7(13)4-8/h2-5H,15H2,1H3. The zero-order chi connectivity index (χ0) is 14.2. The summed E-state index contributed by atoms with van der Waals surface area (Å²) >= 11 is 17.7. The second-order valence-electron chi connectivity index (χ2n) is 3.80. The minimum Gasteiger partial charge on any atom is -0.311 e. The van der Waals surface area contributed by atoms with Crippen LogP contribution in [0.5, 0.6) is 0 Å². The molecule has 0 radical (unpaired) electrons. The van der Waals surface area contributed by atoms with Gasteiger partial charge in [0.25, 0.3) is 5.56 Å². The van der Waals surface area contributed by atoms with E-state index < -0.39 is 5.56 Å². The van der Waals surface area contributed by atoms with Gasteiger partial charge in [0.15, 0.2) is 0 Å². The summed E-state index contributed by atoms with van der Waals surface area (Å²) in [6.45, 7) is 0. The molecule has 2 aromatic rings. The topological polar surface area (TPSA) is 64.2 Å². The van der Waals surface area contributed by atoms with E-state index >= 15 is 0 Å². The van der Waals surface area contributed by atoms with Crippen LogP contribution in [0.2, 0.25) is 15.1 Å². The first kappa shape index (κ1) is 14.1. The second-order valence-corrected chi connectivity index (χ2v) is 5.05. The van der Waals surface area contributed by atoms with Gasteiger partial charge in [-0.25, -0.2) is 5.84 Å². The van der Waals surface area contributed by atoms with Crippen LogP contribution in [-0.2, 0) is 0 Å². The van der Waals surface area contributed by atoms with Crippen LogP contribution < -0.4 is 16.4 Å². The van der Waals surface area contributed by atoms with E-state index in [4.69, 9.17) is 40.6 Å². The number of rotatable bonds is 2. The van der Waals surface area contributed by atoms with E-state index in [0.717, 1.165) is 4.68 Å². The molecule has 0 bridgehead atoms. The molecule has 1 aromatic carbocycles. The highest BCUT2D eigenvalue weighted by molar-refractivity contribution is 6.35. The van der Waals surface area contributed by atoms with Gasteiger partial charge in [0, 0.05) is 17.1 Å². The predicted molar refractivity (Wildman–Crippen MR) is 77.5 cm³/mol. The van der Waals surface area contributed by atoms with E-state index in [0.29, 0.717) is 21.4 Å². The van der Waals surface area contributed by atoms with E-state index in [-0.39, 0.29) is 5.02 Å². The Morgan fingerprint density at radius 1 is 1.21 bits per heavy atom. The summed E-state index contributed by atoms with van der Waals surface area (Å²) < 4.78 is 1.10. The third-order valence-electron chi connectivity index (χ3n) is 2.37.